The Morgan fingerprint density at radius 3 is 2.75 bits per heavy atom. The molecule has 1 saturated carbocycles. The summed E-state index contributed by atoms with van der Waals surface area (Å²) in [5, 5.41) is 11.3. The maximum atomic E-state index is 11.3. The van der Waals surface area contributed by atoms with Crippen LogP contribution in [0.15, 0.2) is 0 Å². The van der Waals surface area contributed by atoms with Gasteiger partial charge in [-0.25, -0.2) is 10.8 Å². The van der Waals surface area contributed by atoms with Crippen LogP contribution < -0.4 is 16.2 Å². The van der Waals surface area contributed by atoms with Crippen LogP contribution in [0, 0.1) is 17.0 Å². The standard InChI is InChI=1S/C11H18N6O3/c1-7-9(17(18)19)10(14-11(13-7)15-12)16(5-6-20-2)8-3-4-8/h8H,3-6,12H2,1-2H3,(H,13,14,15). The average molecular weight is 282 g/mol. The number of methoxy groups -OCH3 is 1. The number of rotatable bonds is 7. The van der Waals surface area contributed by atoms with E-state index in [1.807, 2.05) is 4.90 Å². The summed E-state index contributed by atoms with van der Waals surface area (Å²) in [6.07, 6.45) is 1.99. The summed E-state index contributed by atoms with van der Waals surface area (Å²) in [7, 11) is 1.59. The van der Waals surface area contributed by atoms with Gasteiger partial charge in [0, 0.05) is 19.7 Å². The maximum absolute atomic E-state index is 11.3. The molecule has 0 aliphatic heterocycles. The summed E-state index contributed by atoms with van der Waals surface area (Å²) >= 11 is 0. The van der Waals surface area contributed by atoms with Crippen LogP contribution in [0.4, 0.5) is 17.5 Å². The monoisotopic (exact) mass is 282 g/mol. The SMILES string of the molecule is COCCN(c1nc(NN)nc(C)c1[N+](=O)[O-])C1CC1. The Morgan fingerprint density at radius 2 is 2.25 bits per heavy atom. The number of nitrogens with one attached hydrogen (secondary N) is 1. The summed E-state index contributed by atoms with van der Waals surface area (Å²) in [6, 6.07) is 0.267. The van der Waals surface area contributed by atoms with Crippen molar-refractivity contribution in [3.63, 3.8) is 0 Å². The molecular weight excluding hydrogens is 264 g/mol. The van der Waals surface area contributed by atoms with Gasteiger partial charge in [-0.2, -0.15) is 4.98 Å². The van der Waals surface area contributed by atoms with Crippen LogP contribution in [-0.4, -0.2) is 41.2 Å². The molecule has 2 rings (SSSR count). The predicted octanol–water partition coefficient (Wildman–Crippen LogP) is 0.594. The minimum Gasteiger partial charge on any atom is -0.383 e. The first-order valence-electron chi connectivity index (χ1n) is 6.33. The van der Waals surface area contributed by atoms with Gasteiger partial charge in [-0.05, 0) is 19.8 Å². The van der Waals surface area contributed by atoms with E-state index in [2.05, 4.69) is 15.4 Å². The summed E-state index contributed by atoms with van der Waals surface area (Å²) in [4.78, 5) is 20.9. The quantitative estimate of drug-likeness (QED) is 0.423. The van der Waals surface area contributed by atoms with Crippen molar-refractivity contribution >= 4 is 17.5 Å². The minimum atomic E-state index is -0.451. The second-order valence-corrected chi connectivity index (χ2v) is 4.62. The zero-order valence-corrected chi connectivity index (χ0v) is 11.5. The van der Waals surface area contributed by atoms with Gasteiger partial charge in [0.2, 0.25) is 11.8 Å². The van der Waals surface area contributed by atoms with Crippen LogP contribution in [0.2, 0.25) is 0 Å². The van der Waals surface area contributed by atoms with E-state index in [9.17, 15) is 10.1 Å². The zero-order valence-electron chi connectivity index (χ0n) is 11.5. The molecule has 1 aliphatic rings. The molecule has 9 heteroatoms. The van der Waals surface area contributed by atoms with Gasteiger partial charge in [0.1, 0.15) is 5.69 Å². The van der Waals surface area contributed by atoms with E-state index in [0.717, 1.165) is 12.8 Å². The van der Waals surface area contributed by atoms with Crippen LogP contribution in [0.5, 0.6) is 0 Å². The first-order chi connectivity index (χ1) is 9.58. The van der Waals surface area contributed by atoms with Gasteiger partial charge in [0.15, 0.2) is 0 Å². The van der Waals surface area contributed by atoms with Gasteiger partial charge in [0.05, 0.1) is 11.5 Å². The Bertz CT molecular complexity index is 505. The summed E-state index contributed by atoms with van der Waals surface area (Å²) in [6.45, 7) is 2.59. The first-order valence-corrected chi connectivity index (χ1v) is 6.33. The lowest BCUT2D eigenvalue weighted by molar-refractivity contribution is -0.385. The smallest absolute Gasteiger partial charge is 0.332 e. The van der Waals surface area contributed by atoms with E-state index in [1.54, 1.807) is 14.0 Å². The van der Waals surface area contributed by atoms with Gasteiger partial charge >= 0.3 is 5.69 Å². The van der Waals surface area contributed by atoms with Crippen LogP contribution in [0.25, 0.3) is 0 Å². The number of anilines is 2. The number of aromatic nitrogens is 2. The molecule has 1 fully saturated rings. The highest BCUT2D eigenvalue weighted by Crippen LogP contribution is 2.37. The molecule has 0 atom stereocenters. The molecule has 0 radical (unpaired) electrons. The highest BCUT2D eigenvalue weighted by Gasteiger charge is 2.35. The summed E-state index contributed by atoms with van der Waals surface area (Å²) < 4.78 is 5.06. The van der Waals surface area contributed by atoms with E-state index < -0.39 is 4.92 Å². The van der Waals surface area contributed by atoms with Crippen LogP contribution in [0.3, 0.4) is 0 Å². The normalized spacial score (nSPS) is 14.2. The Labute approximate surface area is 116 Å². The van der Waals surface area contributed by atoms with Crippen molar-refractivity contribution in [2.45, 2.75) is 25.8 Å². The van der Waals surface area contributed by atoms with Gasteiger partial charge < -0.3 is 9.64 Å². The van der Waals surface area contributed by atoms with Crippen molar-refractivity contribution in [2.75, 3.05) is 30.6 Å². The fourth-order valence-corrected chi connectivity index (χ4v) is 2.07. The topological polar surface area (TPSA) is 119 Å². The largest absolute Gasteiger partial charge is 0.383 e. The summed E-state index contributed by atoms with van der Waals surface area (Å²) in [5.74, 6) is 5.79. The van der Waals surface area contributed by atoms with Crippen molar-refractivity contribution < 1.29 is 9.66 Å². The lowest BCUT2D eigenvalue weighted by Crippen LogP contribution is -2.31. The lowest BCUT2D eigenvalue weighted by atomic mass is 10.3. The van der Waals surface area contributed by atoms with Crippen molar-refractivity contribution in [1.82, 2.24) is 9.97 Å². The molecule has 1 aromatic heterocycles. The van der Waals surface area contributed by atoms with Gasteiger partial charge in [0.25, 0.3) is 0 Å². The predicted molar refractivity (Wildman–Crippen MR) is 73.5 cm³/mol. The van der Waals surface area contributed by atoms with Crippen LogP contribution in [-0.2, 0) is 4.74 Å². The third-order valence-corrected chi connectivity index (χ3v) is 3.15. The maximum Gasteiger partial charge on any atom is 0.332 e. The number of nitrogen functional groups attached to an aromatic ring is 1. The van der Waals surface area contributed by atoms with Crippen LogP contribution >= 0.6 is 0 Å². The molecule has 1 aliphatic carbocycles. The van der Waals surface area contributed by atoms with Gasteiger partial charge in [-0.1, -0.05) is 0 Å². The van der Waals surface area contributed by atoms with Crippen molar-refractivity contribution in [1.29, 1.82) is 0 Å². The Hall–Kier alpha value is -2.00. The number of nitro groups is 1. The Morgan fingerprint density at radius 1 is 1.55 bits per heavy atom. The highest BCUT2D eigenvalue weighted by atomic mass is 16.6. The fraction of sp³-hybridized carbons (Fsp3) is 0.636. The fourth-order valence-electron chi connectivity index (χ4n) is 2.07. The van der Waals surface area contributed by atoms with Crippen LogP contribution in [0.1, 0.15) is 18.5 Å². The lowest BCUT2D eigenvalue weighted by Gasteiger charge is -2.23. The zero-order chi connectivity index (χ0) is 14.7. The van der Waals surface area contributed by atoms with Crippen molar-refractivity contribution in [2.24, 2.45) is 5.84 Å². The molecule has 0 saturated heterocycles. The number of nitrogens with two attached hydrogens (primary N) is 1. The molecule has 1 aromatic rings. The second kappa shape index (κ2) is 5.97. The first kappa shape index (κ1) is 14.4. The number of aryl methyl sites for hydroxylation is 1. The third-order valence-electron chi connectivity index (χ3n) is 3.15. The molecule has 0 bridgehead atoms. The molecule has 0 aromatic carbocycles. The van der Waals surface area contributed by atoms with Gasteiger partial charge in [-0.3, -0.25) is 15.5 Å². The molecule has 0 amide bonds. The molecule has 20 heavy (non-hydrogen) atoms. The Balaban J connectivity index is 2.44. The third kappa shape index (κ3) is 2.94. The molecular formula is C11H18N6O3. The van der Waals surface area contributed by atoms with E-state index in [0.29, 0.717) is 19.0 Å². The number of nitrogens with zero attached hydrogens (tertiary/aromatic N) is 4. The number of ether oxygens (including phenoxy) is 1. The van der Waals surface area contributed by atoms with E-state index in [4.69, 9.17) is 10.6 Å². The number of hydrogen-bond donors (Lipinski definition) is 2. The van der Waals surface area contributed by atoms with E-state index in [1.165, 1.54) is 0 Å². The minimum absolute atomic E-state index is 0.0768. The number of hydrazine groups is 1. The number of hydrogen-bond acceptors (Lipinski definition) is 8. The van der Waals surface area contributed by atoms with E-state index in [-0.39, 0.29) is 23.4 Å². The van der Waals surface area contributed by atoms with Crippen molar-refractivity contribution in [3.05, 3.63) is 15.8 Å². The molecule has 0 spiro atoms. The molecule has 0 unspecified atom stereocenters. The molecule has 1 heterocycles. The van der Waals surface area contributed by atoms with E-state index >= 15 is 0 Å². The molecule has 9 nitrogen and oxygen atoms in total. The van der Waals surface area contributed by atoms with Gasteiger partial charge in [-0.15, -0.1) is 0 Å². The average Bonchev–Trinajstić information content (AvgIpc) is 3.22. The second-order valence-electron chi connectivity index (χ2n) is 4.62. The highest BCUT2D eigenvalue weighted by molar-refractivity contribution is 5.63. The van der Waals surface area contributed by atoms with Crippen molar-refractivity contribution in [3.8, 4) is 0 Å². The Kier molecular flexibility index (Phi) is 4.30. The molecule has 110 valence electrons. The summed E-state index contributed by atoms with van der Waals surface area (Å²) in [5.41, 5.74) is 2.55. The molecule has 3 N–H and O–H groups in total.